The predicted molar refractivity (Wildman–Crippen MR) is 104 cm³/mol. The lowest BCUT2D eigenvalue weighted by Crippen LogP contribution is -2.52. The van der Waals surface area contributed by atoms with Crippen LogP contribution < -0.4 is 5.32 Å². The molecular formula is C21H28N4O3. The molecule has 1 aliphatic carbocycles. The van der Waals surface area contributed by atoms with E-state index >= 15 is 0 Å². The Labute approximate surface area is 165 Å². The zero-order valence-electron chi connectivity index (χ0n) is 16.2. The summed E-state index contributed by atoms with van der Waals surface area (Å²) in [5, 5.41) is 6.99. The van der Waals surface area contributed by atoms with Gasteiger partial charge in [0.1, 0.15) is 0 Å². The largest absolute Gasteiger partial charge is 0.381 e. The number of hydrogen-bond donors (Lipinski definition) is 1. The molecule has 1 saturated carbocycles. The number of amides is 2. The van der Waals surface area contributed by atoms with Gasteiger partial charge in [0.2, 0.25) is 5.89 Å². The highest BCUT2D eigenvalue weighted by Gasteiger charge is 2.35. The molecule has 1 aromatic heterocycles. The normalized spacial score (nSPS) is 17.6. The second kappa shape index (κ2) is 9.19. The van der Waals surface area contributed by atoms with E-state index < -0.39 is 0 Å². The standard InChI is InChI=1S/C21H28N4O3/c26-21(22-12-16-6-2-1-3-7-16)25-13-18(14-25)20-23-19(24-28-20)10-11-27-15-17-8-4-5-9-17/h1-3,6-7,17-18H,4-5,8-15H2,(H,22,26). The van der Waals surface area contributed by atoms with Crippen molar-refractivity contribution in [2.45, 2.75) is 44.6 Å². The third-order valence-corrected chi connectivity index (χ3v) is 5.59. The summed E-state index contributed by atoms with van der Waals surface area (Å²) in [4.78, 5) is 18.4. The number of nitrogens with one attached hydrogen (secondary N) is 1. The summed E-state index contributed by atoms with van der Waals surface area (Å²) in [6.07, 6.45) is 5.94. The molecule has 0 atom stereocenters. The highest BCUT2D eigenvalue weighted by atomic mass is 16.5. The van der Waals surface area contributed by atoms with E-state index in [1.807, 2.05) is 30.3 Å². The number of likely N-dealkylation sites (tertiary alicyclic amines) is 1. The van der Waals surface area contributed by atoms with E-state index in [2.05, 4.69) is 15.5 Å². The second-order valence-corrected chi connectivity index (χ2v) is 7.77. The molecule has 2 aliphatic rings. The van der Waals surface area contributed by atoms with Gasteiger partial charge < -0.3 is 19.5 Å². The van der Waals surface area contributed by atoms with E-state index in [4.69, 9.17) is 9.26 Å². The highest BCUT2D eigenvalue weighted by molar-refractivity contribution is 5.75. The van der Waals surface area contributed by atoms with E-state index in [1.54, 1.807) is 4.90 Å². The lowest BCUT2D eigenvalue weighted by molar-refractivity contribution is 0.102. The molecule has 7 nitrogen and oxygen atoms in total. The van der Waals surface area contributed by atoms with Crippen LogP contribution in [-0.4, -0.2) is 47.4 Å². The van der Waals surface area contributed by atoms with Gasteiger partial charge in [0.05, 0.1) is 12.5 Å². The van der Waals surface area contributed by atoms with Crippen molar-refractivity contribution >= 4 is 6.03 Å². The molecule has 150 valence electrons. The van der Waals surface area contributed by atoms with Crippen molar-refractivity contribution in [2.75, 3.05) is 26.3 Å². The summed E-state index contributed by atoms with van der Waals surface area (Å²) in [6, 6.07) is 9.83. The Bertz CT molecular complexity index is 752. The average molecular weight is 384 g/mol. The Balaban J connectivity index is 1.14. The van der Waals surface area contributed by atoms with E-state index in [0.29, 0.717) is 44.4 Å². The number of nitrogens with zero attached hydrogens (tertiary/aromatic N) is 3. The number of aromatic nitrogens is 2. The van der Waals surface area contributed by atoms with Gasteiger partial charge in [-0.15, -0.1) is 0 Å². The van der Waals surface area contributed by atoms with Gasteiger partial charge in [-0.3, -0.25) is 0 Å². The molecular weight excluding hydrogens is 356 g/mol. The minimum absolute atomic E-state index is 0.0554. The summed E-state index contributed by atoms with van der Waals surface area (Å²) in [7, 11) is 0. The number of ether oxygens (including phenoxy) is 1. The predicted octanol–water partition coefficient (Wildman–Crippen LogP) is 3.13. The number of rotatable bonds is 8. The highest BCUT2D eigenvalue weighted by Crippen LogP contribution is 2.26. The molecule has 0 unspecified atom stereocenters. The molecule has 1 saturated heterocycles. The van der Waals surface area contributed by atoms with Crippen molar-refractivity contribution in [1.82, 2.24) is 20.4 Å². The van der Waals surface area contributed by atoms with Crippen molar-refractivity contribution in [2.24, 2.45) is 5.92 Å². The Morgan fingerprint density at radius 2 is 2.00 bits per heavy atom. The molecule has 1 N–H and O–H groups in total. The Morgan fingerprint density at radius 3 is 2.79 bits per heavy atom. The summed E-state index contributed by atoms with van der Waals surface area (Å²) >= 11 is 0. The quantitative estimate of drug-likeness (QED) is 0.707. The van der Waals surface area contributed by atoms with E-state index in [0.717, 1.165) is 18.1 Å². The van der Waals surface area contributed by atoms with Crippen LogP contribution in [-0.2, 0) is 17.7 Å². The second-order valence-electron chi connectivity index (χ2n) is 7.77. The fourth-order valence-corrected chi connectivity index (χ4v) is 3.81. The molecule has 0 bridgehead atoms. The number of carbonyl (C=O) groups excluding carboxylic acids is 1. The first kappa shape index (κ1) is 18.9. The third kappa shape index (κ3) is 4.90. The molecule has 28 heavy (non-hydrogen) atoms. The maximum absolute atomic E-state index is 12.2. The van der Waals surface area contributed by atoms with Crippen LogP contribution in [0, 0.1) is 5.92 Å². The molecule has 2 amide bonds. The summed E-state index contributed by atoms with van der Waals surface area (Å²) in [6.45, 7) is 3.24. The van der Waals surface area contributed by atoms with Gasteiger partial charge in [0, 0.05) is 32.7 Å². The van der Waals surface area contributed by atoms with Crippen LogP contribution >= 0.6 is 0 Å². The van der Waals surface area contributed by atoms with Crippen LogP contribution in [0.15, 0.2) is 34.9 Å². The minimum atomic E-state index is -0.0554. The topological polar surface area (TPSA) is 80.5 Å². The van der Waals surface area contributed by atoms with E-state index in [9.17, 15) is 4.79 Å². The lowest BCUT2D eigenvalue weighted by atomic mass is 10.0. The van der Waals surface area contributed by atoms with Gasteiger partial charge in [-0.1, -0.05) is 48.3 Å². The van der Waals surface area contributed by atoms with Gasteiger partial charge in [-0.25, -0.2) is 4.79 Å². The monoisotopic (exact) mass is 384 g/mol. The van der Waals surface area contributed by atoms with Crippen molar-refractivity contribution in [1.29, 1.82) is 0 Å². The van der Waals surface area contributed by atoms with Crippen LogP contribution in [0.5, 0.6) is 0 Å². The summed E-state index contributed by atoms with van der Waals surface area (Å²) in [5.41, 5.74) is 1.09. The molecule has 1 aromatic carbocycles. The molecule has 2 fully saturated rings. The van der Waals surface area contributed by atoms with Crippen LogP contribution in [0.4, 0.5) is 4.79 Å². The Hall–Kier alpha value is -2.41. The van der Waals surface area contributed by atoms with Gasteiger partial charge >= 0.3 is 6.03 Å². The Morgan fingerprint density at radius 1 is 1.21 bits per heavy atom. The number of benzene rings is 1. The van der Waals surface area contributed by atoms with Crippen LogP contribution in [0.25, 0.3) is 0 Å². The molecule has 4 rings (SSSR count). The fourth-order valence-electron chi connectivity index (χ4n) is 3.81. The number of urea groups is 1. The average Bonchev–Trinajstić information content (AvgIpc) is 3.35. The summed E-state index contributed by atoms with van der Waals surface area (Å²) in [5.74, 6) is 2.17. The maximum atomic E-state index is 12.2. The third-order valence-electron chi connectivity index (χ3n) is 5.59. The van der Waals surface area contributed by atoms with Gasteiger partial charge in [-0.05, 0) is 24.3 Å². The van der Waals surface area contributed by atoms with Crippen LogP contribution in [0.1, 0.15) is 48.9 Å². The molecule has 0 spiro atoms. The van der Waals surface area contributed by atoms with Crippen molar-refractivity contribution in [3.05, 3.63) is 47.6 Å². The molecule has 1 aliphatic heterocycles. The first-order valence-electron chi connectivity index (χ1n) is 10.2. The van der Waals surface area contributed by atoms with E-state index in [-0.39, 0.29) is 11.9 Å². The van der Waals surface area contributed by atoms with Crippen molar-refractivity contribution in [3.8, 4) is 0 Å². The maximum Gasteiger partial charge on any atom is 0.317 e. The number of hydrogen-bond acceptors (Lipinski definition) is 5. The van der Waals surface area contributed by atoms with Crippen molar-refractivity contribution < 1.29 is 14.1 Å². The SMILES string of the molecule is O=C(NCc1ccccc1)N1CC(c2nc(CCOCC3CCCC3)no2)C1. The molecule has 2 aromatic rings. The first-order valence-corrected chi connectivity index (χ1v) is 10.2. The van der Waals surface area contributed by atoms with Crippen LogP contribution in [0.3, 0.4) is 0 Å². The van der Waals surface area contributed by atoms with Crippen LogP contribution in [0.2, 0.25) is 0 Å². The fraction of sp³-hybridized carbons (Fsp3) is 0.571. The lowest BCUT2D eigenvalue weighted by Gasteiger charge is -2.36. The smallest absolute Gasteiger partial charge is 0.317 e. The molecule has 7 heteroatoms. The van der Waals surface area contributed by atoms with E-state index in [1.165, 1.54) is 25.7 Å². The number of carbonyl (C=O) groups is 1. The minimum Gasteiger partial charge on any atom is -0.381 e. The molecule has 0 radical (unpaired) electrons. The zero-order chi connectivity index (χ0) is 19.2. The first-order chi connectivity index (χ1) is 13.8. The van der Waals surface area contributed by atoms with Crippen molar-refractivity contribution in [3.63, 3.8) is 0 Å². The van der Waals surface area contributed by atoms with Gasteiger partial charge in [-0.2, -0.15) is 4.98 Å². The Kier molecular flexibility index (Phi) is 6.21. The van der Waals surface area contributed by atoms with Gasteiger partial charge in [0.25, 0.3) is 0 Å². The zero-order valence-corrected chi connectivity index (χ0v) is 16.2. The molecule has 2 heterocycles. The summed E-state index contributed by atoms with van der Waals surface area (Å²) < 4.78 is 11.1. The van der Waals surface area contributed by atoms with Gasteiger partial charge in [0.15, 0.2) is 5.82 Å².